The number of rotatable bonds is 3. The Morgan fingerprint density at radius 2 is 2.42 bits per heavy atom. The van der Waals surface area contributed by atoms with Gasteiger partial charge in [-0.25, -0.2) is 0 Å². The molecular weight excluding hydrogens is 178 g/mol. The number of hydrogen-bond acceptors (Lipinski definition) is 2. The topological polar surface area (TPSA) is 29.5 Å². The molecule has 0 aromatic carbocycles. The molecule has 1 fully saturated rings. The largest absolute Gasteiger partial charge is 0.370 e. The summed E-state index contributed by atoms with van der Waals surface area (Å²) in [5, 5.41) is 0. The minimum atomic E-state index is 0.0560. The van der Waals surface area contributed by atoms with Gasteiger partial charge in [0.1, 0.15) is 6.61 Å². The second-order valence-electron chi connectivity index (χ2n) is 2.52. The van der Waals surface area contributed by atoms with Crippen molar-refractivity contribution in [1.29, 1.82) is 0 Å². The minimum Gasteiger partial charge on any atom is -0.370 e. The number of ether oxygens (including phenoxy) is 1. The fraction of sp³-hybridized carbons (Fsp3) is 0.625. The van der Waals surface area contributed by atoms with E-state index in [-0.39, 0.29) is 12.5 Å². The molecule has 0 aromatic heterocycles. The first-order valence-corrected chi connectivity index (χ1v) is 4.44. The van der Waals surface area contributed by atoms with E-state index in [1.807, 2.05) is 12.2 Å². The predicted molar refractivity (Wildman–Crippen MR) is 47.3 cm³/mol. The number of amides is 1. The number of morpholine rings is 1. The maximum Gasteiger partial charge on any atom is 0.248 e. The second kappa shape index (κ2) is 5.17. The van der Waals surface area contributed by atoms with E-state index in [1.165, 1.54) is 0 Å². The van der Waals surface area contributed by atoms with E-state index in [0.29, 0.717) is 25.6 Å². The van der Waals surface area contributed by atoms with Crippen molar-refractivity contribution in [3.63, 3.8) is 0 Å². The van der Waals surface area contributed by atoms with E-state index in [4.69, 9.17) is 16.3 Å². The Morgan fingerprint density at radius 3 is 3.08 bits per heavy atom. The van der Waals surface area contributed by atoms with Gasteiger partial charge in [-0.15, -0.1) is 11.6 Å². The van der Waals surface area contributed by atoms with Crippen molar-refractivity contribution in [2.45, 2.75) is 0 Å². The smallest absolute Gasteiger partial charge is 0.248 e. The summed E-state index contributed by atoms with van der Waals surface area (Å²) in [6.45, 7) is 2.19. The molecule has 0 unspecified atom stereocenters. The van der Waals surface area contributed by atoms with Crippen molar-refractivity contribution in [3.05, 3.63) is 12.2 Å². The zero-order valence-electron chi connectivity index (χ0n) is 6.83. The van der Waals surface area contributed by atoms with Gasteiger partial charge < -0.3 is 9.64 Å². The first-order chi connectivity index (χ1) is 5.84. The molecular formula is C8H12ClNO2. The molecule has 4 heteroatoms. The van der Waals surface area contributed by atoms with Crippen LogP contribution in [0.2, 0.25) is 0 Å². The lowest BCUT2D eigenvalue weighted by Gasteiger charge is -2.25. The highest BCUT2D eigenvalue weighted by Gasteiger charge is 2.16. The van der Waals surface area contributed by atoms with Gasteiger partial charge in [-0.3, -0.25) is 4.79 Å². The molecule has 0 bridgehead atoms. The van der Waals surface area contributed by atoms with E-state index in [0.717, 1.165) is 0 Å². The zero-order chi connectivity index (χ0) is 8.81. The lowest BCUT2D eigenvalue weighted by molar-refractivity contribution is -0.141. The summed E-state index contributed by atoms with van der Waals surface area (Å²) in [7, 11) is 0. The molecule has 1 rings (SSSR count). The van der Waals surface area contributed by atoms with Crippen molar-refractivity contribution in [3.8, 4) is 0 Å². The van der Waals surface area contributed by atoms with Crippen LogP contribution in [-0.2, 0) is 9.53 Å². The number of alkyl halides is 1. The maximum atomic E-state index is 11.1. The van der Waals surface area contributed by atoms with Crippen molar-refractivity contribution in [2.75, 3.05) is 32.2 Å². The molecule has 3 nitrogen and oxygen atoms in total. The van der Waals surface area contributed by atoms with Crippen LogP contribution in [0.1, 0.15) is 0 Å². The quantitative estimate of drug-likeness (QED) is 0.482. The molecule has 1 saturated heterocycles. The molecule has 0 aliphatic carbocycles. The fourth-order valence-electron chi connectivity index (χ4n) is 1.01. The second-order valence-corrected chi connectivity index (χ2v) is 2.83. The van der Waals surface area contributed by atoms with Crippen LogP contribution < -0.4 is 0 Å². The lowest BCUT2D eigenvalue weighted by Crippen LogP contribution is -2.41. The highest BCUT2D eigenvalue weighted by Crippen LogP contribution is 1.98. The van der Waals surface area contributed by atoms with Gasteiger partial charge in [0.25, 0.3) is 0 Å². The van der Waals surface area contributed by atoms with Crippen LogP contribution >= 0.6 is 11.6 Å². The van der Waals surface area contributed by atoms with Crippen LogP contribution in [0.25, 0.3) is 0 Å². The highest BCUT2D eigenvalue weighted by atomic mass is 35.5. The van der Waals surface area contributed by atoms with Crippen LogP contribution in [0.3, 0.4) is 0 Å². The molecule has 1 aliphatic rings. The number of allylic oxidation sites excluding steroid dienone is 1. The fourth-order valence-corrected chi connectivity index (χ4v) is 1.13. The van der Waals surface area contributed by atoms with Crippen molar-refractivity contribution >= 4 is 17.5 Å². The van der Waals surface area contributed by atoms with Crippen LogP contribution in [0.4, 0.5) is 0 Å². The summed E-state index contributed by atoms with van der Waals surface area (Å²) in [5.74, 6) is 0.555. The van der Waals surface area contributed by atoms with Crippen LogP contribution in [0, 0.1) is 0 Å². The highest BCUT2D eigenvalue weighted by molar-refractivity contribution is 6.18. The van der Waals surface area contributed by atoms with E-state index >= 15 is 0 Å². The normalized spacial score (nSPS) is 19.1. The Balaban J connectivity index is 2.29. The molecule has 68 valence electrons. The number of hydrogen-bond donors (Lipinski definition) is 0. The third-order valence-corrected chi connectivity index (χ3v) is 1.84. The number of carbonyl (C=O) groups is 1. The third-order valence-electron chi connectivity index (χ3n) is 1.67. The monoisotopic (exact) mass is 189 g/mol. The SMILES string of the molecule is O=C1COCCN1CC=CCCl. The molecule has 1 amide bonds. The van der Waals surface area contributed by atoms with Gasteiger partial charge in [-0.05, 0) is 0 Å². The minimum absolute atomic E-state index is 0.0560. The van der Waals surface area contributed by atoms with Crippen molar-refractivity contribution < 1.29 is 9.53 Å². The Hall–Kier alpha value is -0.540. The van der Waals surface area contributed by atoms with Gasteiger partial charge in [0, 0.05) is 19.0 Å². The van der Waals surface area contributed by atoms with E-state index in [9.17, 15) is 4.79 Å². The predicted octanol–water partition coefficient (Wildman–Crippen LogP) is 0.640. The standard InChI is InChI=1S/C8H12ClNO2/c9-3-1-2-4-10-5-6-12-7-8(10)11/h1-2H,3-7H2. The van der Waals surface area contributed by atoms with Gasteiger partial charge in [0.15, 0.2) is 0 Å². The summed E-state index contributed by atoms with van der Waals surface area (Å²) in [5.41, 5.74) is 0. The summed E-state index contributed by atoms with van der Waals surface area (Å²) < 4.78 is 4.98. The van der Waals surface area contributed by atoms with Crippen LogP contribution in [0.5, 0.6) is 0 Å². The van der Waals surface area contributed by atoms with Crippen LogP contribution in [0.15, 0.2) is 12.2 Å². The van der Waals surface area contributed by atoms with E-state index in [2.05, 4.69) is 0 Å². The van der Waals surface area contributed by atoms with Gasteiger partial charge in [0.2, 0.25) is 5.91 Å². The summed E-state index contributed by atoms with van der Waals surface area (Å²) in [6, 6.07) is 0. The molecule has 0 saturated carbocycles. The Kier molecular flexibility index (Phi) is 4.11. The Bertz CT molecular complexity index is 182. The van der Waals surface area contributed by atoms with Gasteiger partial charge >= 0.3 is 0 Å². The molecule has 0 atom stereocenters. The van der Waals surface area contributed by atoms with Gasteiger partial charge in [-0.1, -0.05) is 12.2 Å². The lowest BCUT2D eigenvalue weighted by atomic mass is 10.4. The summed E-state index contributed by atoms with van der Waals surface area (Å²) in [6.07, 6.45) is 3.74. The van der Waals surface area contributed by atoms with Crippen molar-refractivity contribution in [2.24, 2.45) is 0 Å². The van der Waals surface area contributed by atoms with Crippen LogP contribution in [-0.4, -0.2) is 43.0 Å². The van der Waals surface area contributed by atoms with Gasteiger partial charge in [0.05, 0.1) is 6.61 Å². The summed E-state index contributed by atoms with van der Waals surface area (Å²) in [4.78, 5) is 12.9. The molecule has 0 spiro atoms. The average Bonchev–Trinajstić information content (AvgIpc) is 2.09. The Morgan fingerprint density at radius 1 is 1.58 bits per heavy atom. The van der Waals surface area contributed by atoms with Gasteiger partial charge in [-0.2, -0.15) is 0 Å². The molecule has 0 radical (unpaired) electrons. The first kappa shape index (κ1) is 9.55. The number of halogens is 1. The van der Waals surface area contributed by atoms with Crippen molar-refractivity contribution in [1.82, 2.24) is 4.90 Å². The average molecular weight is 190 g/mol. The van der Waals surface area contributed by atoms with E-state index < -0.39 is 0 Å². The zero-order valence-corrected chi connectivity index (χ0v) is 7.59. The first-order valence-electron chi connectivity index (χ1n) is 3.91. The molecule has 1 aliphatic heterocycles. The number of carbonyl (C=O) groups excluding carboxylic acids is 1. The third kappa shape index (κ3) is 2.83. The molecule has 1 heterocycles. The molecule has 0 N–H and O–H groups in total. The molecule has 12 heavy (non-hydrogen) atoms. The summed E-state index contributed by atoms with van der Waals surface area (Å²) >= 11 is 5.44. The van der Waals surface area contributed by atoms with E-state index in [1.54, 1.807) is 4.90 Å². The number of nitrogens with zero attached hydrogens (tertiary/aromatic N) is 1. The maximum absolute atomic E-state index is 11.1. The Labute approximate surface area is 76.9 Å². The molecule has 0 aromatic rings.